The lowest BCUT2D eigenvalue weighted by atomic mass is 10.0. The lowest BCUT2D eigenvalue weighted by Gasteiger charge is -2.39. The maximum Gasteiger partial charge on any atom is 0.278 e. The van der Waals surface area contributed by atoms with Gasteiger partial charge in [0.15, 0.2) is 11.5 Å². The molecule has 1 aromatic carbocycles. The summed E-state index contributed by atoms with van der Waals surface area (Å²) in [5.41, 5.74) is 2.90. The Balaban J connectivity index is 1.34. The number of likely N-dealkylation sites (N-methyl/N-ethyl adjacent to an activating group) is 1. The maximum atomic E-state index is 13.3. The standard InChI is InChI=1S/C29H34N8O2/c1-5-14-36-27(38)23-17-30-28(31-21-7-9-22(10-8-21)35-16-15-34(4)19(2)18-35)33-26(23)37(36)24-11-6-20-12-13-29(3,39)25(20)32-24/h5-11,17,19,39H,1,12-16,18H2,2-4H3,(H,30,31,33)/t19?,29-/m1/s1. The van der Waals surface area contributed by atoms with E-state index in [1.54, 1.807) is 28.6 Å². The Morgan fingerprint density at radius 1 is 1.18 bits per heavy atom. The van der Waals surface area contributed by atoms with Gasteiger partial charge in [0.2, 0.25) is 5.95 Å². The Morgan fingerprint density at radius 2 is 1.97 bits per heavy atom. The third kappa shape index (κ3) is 4.49. The number of hydrogen-bond donors (Lipinski definition) is 2. The lowest BCUT2D eigenvalue weighted by Crippen LogP contribution is -2.50. The molecule has 6 rings (SSSR count). The molecule has 1 saturated heterocycles. The van der Waals surface area contributed by atoms with Crippen LogP contribution in [0, 0.1) is 0 Å². The molecule has 0 spiro atoms. The number of fused-ring (bicyclic) bond motifs is 2. The number of aliphatic hydroxyl groups is 1. The number of pyridine rings is 1. The molecule has 4 aromatic rings. The van der Waals surface area contributed by atoms with E-state index in [4.69, 9.17) is 9.97 Å². The summed E-state index contributed by atoms with van der Waals surface area (Å²) >= 11 is 0. The summed E-state index contributed by atoms with van der Waals surface area (Å²) in [7, 11) is 2.17. The Bertz CT molecular complexity index is 1600. The number of allylic oxidation sites excluding steroid dienone is 1. The zero-order valence-corrected chi connectivity index (χ0v) is 22.6. The molecule has 0 saturated carbocycles. The molecular weight excluding hydrogens is 492 g/mol. The van der Waals surface area contributed by atoms with Crippen molar-refractivity contribution in [1.29, 1.82) is 0 Å². The number of aromatic nitrogens is 5. The van der Waals surface area contributed by atoms with Crippen molar-refractivity contribution in [1.82, 2.24) is 29.2 Å². The molecule has 1 aliphatic carbocycles. The average molecular weight is 527 g/mol. The van der Waals surface area contributed by atoms with Crippen LogP contribution in [0.2, 0.25) is 0 Å². The number of rotatable bonds is 6. The van der Waals surface area contributed by atoms with Gasteiger partial charge >= 0.3 is 0 Å². The highest BCUT2D eigenvalue weighted by Gasteiger charge is 2.34. The minimum Gasteiger partial charge on any atom is -0.384 e. The highest BCUT2D eigenvalue weighted by Crippen LogP contribution is 2.35. The lowest BCUT2D eigenvalue weighted by molar-refractivity contribution is 0.0553. The van der Waals surface area contributed by atoms with Crippen molar-refractivity contribution < 1.29 is 5.11 Å². The van der Waals surface area contributed by atoms with Crippen LogP contribution < -0.4 is 15.8 Å². The van der Waals surface area contributed by atoms with E-state index in [2.05, 4.69) is 52.8 Å². The fraction of sp³-hybridized carbons (Fsp3) is 0.379. The zero-order chi connectivity index (χ0) is 27.3. The Kier molecular flexibility index (Phi) is 6.23. The molecular formula is C29H34N8O2. The number of nitrogens with zero attached hydrogens (tertiary/aromatic N) is 7. The third-order valence-corrected chi connectivity index (χ3v) is 8.00. The number of anilines is 3. The fourth-order valence-corrected chi connectivity index (χ4v) is 5.54. The van der Waals surface area contributed by atoms with E-state index in [1.165, 1.54) is 5.69 Å². The number of nitrogens with one attached hydrogen (secondary N) is 1. The van der Waals surface area contributed by atoms with Crippen LogP contribution in [0.1, 0.15) is 31.5 Å². The minimum atomic E-state index is -1.01. The van der Waals surface area contributed by atoms with Crippen molar-refractivity contribution in [3.63, 3.8) is 0 Å². The van der Waals surface area contributed by atoms with Crippen LogP contribution >= 0.6 is 0 Å². The van der Waals surface area contributed by atoms with E-state index >= 15 is 0 Å². The quantitative estimate of drug-likeness (QED) is 0.369. The van der Waals surface area contributed by atoms with E-state index in [0.29, 0.717) is 41.0 Å². The highest BCUT2D eigenvalue weighted by molar-refractivity contribution is 5.77. The van der Waals surface area contributed by atoms with Gasteiger partial charge in [-0.05, 0) is 69.6 Å². The molecule has 202 valence electrons. The molecule has 2 aliphatic rings. The second-order valence-electron chi connectivity index (χ2n) is 10.8. The van der Waals surface area contributed by atoms with Crippen LogP contribution in [0.4, 0.5) is 17.3 Å². The van der Waals surface area contributed by atoms with Gasteiger partial charge in [-0.25, -0.2) is 19.3 Å². The second kappa shape index (κ2) is 9.62. The monoisotopic (exact) mass is 526 g/mol. The molecule has 0 radical (unpaired) electrons. The summed E-state index contributed by atoms with van der Waals surface area (Å²) in [6.45, 7) is 11.2. The zero-order valence-electron chi connectivity index (χ0n) is 22.6. The van der Waals surface area contributed by atoms with E-state index < -0.39 is 5.60 Å². The summed E-state index contributed by atoms with van der Waals surface area (Å²) in [6, 6.07) is 12.6. The molecule has 39 heavy (non-hydrogen) atoms. The van der Waals surface area contributed by atoms with Crippen LogP contribution in [-0.4, -0.2) is 67.0 Å². The topological polar surface area (TPSA) is 104 Å². The van der Waals surface area contributed by atoms with Gasteiger partial charge in [-0.2, -0.15) is 4.98 Å². The van der Waals surface area contributed by atoms with Crippen molar-refractivity contribution in [3.8, 4) is 5.82 Å². The van der Waals surface area contributed by atoms with Crippen molar-refractivity contribution in [2.24, 2.45) is 0 Å². The first-order chi connectivity index (χ1) is 18.7. The molecule has 10 heteroatoms. The summed E-state index contributed by atoms with van der Waals surface area (Å²) in [4.78, 5) is 32.0. The molecule has 0 amide bonds. The average Bonchev–Trinajstić information content (AvgIpc) is 3.38. The van der Waals surface area contributed by atoms with Gasteiger partial charge in [0.1, 0.15) is 11.0 Å². The Hall–Kier alpha value is -4.02. The number of aryl methyl sites for hydroxylation is 1. The van der Waals surface area contributed by atoms with Crippen LogP contribution in [0.15, 0.2) is 60.0 Å². The summed E-state index contributed by atoms with van der Waals surface area (Å²) in [5, 5.41) is 14.5. The van der Waals surface area contributed by atoms with Gasteiger partial charge in [-0.3, -0.25) is 4.79 Å². The van der Waals surface area contributed by atoms with Gasteiger partial charge in [0.25, 0.3) is 5.56 Å². The van der Waals surface area contributed by atoms with Gasteiger partial charge in [-0.15, -0.1) is 6.58 Å². The Morgan fingerprint density at radius 3 is 2.72 bits per heavy atom. The first-order valence-corrected chi connectivity index (χ1v) is 13.4. The van der Waals surface area contributed by atoms with Crippen LogP contribution in [0.3, 0.4) is 0 Å². The summed E-state index contributed by atoms with van der Waals surface area (Å²) in [6.07, 6.45) is 4.60. The van der Waals surface area contributed by atoms with Gasteiger partial charge in [-0.1, -0.05) is 12.1 Å². The molecule has 10 nitrogen and oxygen atoms in total. The van der Waals surface area contributed by atoms with Crippen LogP contribution in [0.5, 0.6) is 0 Å². The predicted molar refractivity (Wildman–Crippen MR) is 153 cm³/mol. The van der Waals surface area contributed by atoms with Crippen molar-refractivity contribution >= 4 is 28.4 Å². The summed E-state index contributed by atoms with van der Waals surface area (Å²) in [5.74, 6) is 0.890. The first kappa shape index (κ1) is 25.3. The van der Waals surface area contributed by atoms with Crippen molar-refractivity contribution in [2.45, 2.75) is 44.9 Å². The molecule has 2 atom stereocenters. The molecule has 1 aliphatic heterocycles. The molecule has 3 aromatic heterocycles. The van der Waals surface area contributed by atoms with Crippen molar-refractivity contribution in [3.05, 3.63) is 76.9 Å². The molecule has 2 N–H and O–H groups in total. The minimum absolute atomic E-state index is 0.226. The third-order valence-electron chi connectivity index (χ3n) is 8.00. The summed E-state index contributed by atoms with van der Waals surface area (Å²) < 4.78 is 3.24. The van der Waals surface area contributed by atoms with Gasteiger partial charge in [0.05, 0.1) is 12.2 Å². The number of benzene rings is 1. The SMILES string of the molecule is C=CCn1c(=O)c2cnc(Nc3ccc(N4CCN(C)C(C)C4)cc3)nc2n1-c1ccc2c(n1)[C@](C)(O)CC2. The van der Waals surface area contributed by atoms with E-state index in [0.717, 1.165) is 37.3 Å². The fourth-order valence-electron chi connectivity index (χ4n) is 5.54. The normalized spacial score (nSPS) is 21.3. The van der Waals surface area contributed by atoms with Crippen LogP contribution in [0.25, 0.3) is 16.9 Å². The highest BCUT2D eigenvalue weighted by atomic mass is 16.3. The molecule has 1 fully saturated rings. The Labute approximate surface area is 227 Å². The number of hydrogen-bond acceptors (Lipinski definition) is 8. The van der Waals surface area contributed by atoms with Crippen molar-refractivity contribution in [2.75, 3.05) is 36.9 Å². The largest absolute Gasteiger partial charge is 0.384 e. The smallest absolute Gasteiger partial charge is 0.278 e. The molecule has 0 bridgehead atoms. The second-order valence-corrected chi connectivity index (χ2v) is 10.8. The van der Waals surface area contributed by atoms with Gasteiger partial charge in [0, 0.05) is 43.2 Å². The molecule has 4 heterocycles. The van der Waals surface area contributed by atoms with E-state index in [-0.39, 0.29) is 12.1 Å². The molecule has 1 unspecified atom stereocenters. The maximum absolute atomic E-state index is 13.3. The van der Waals surface area contributed by atoms with E-state index in [1.807, 2.05) is 24.3 Å². The predicted octanol–water partition coefficient (Wildman–Crippen LogP) is 3.20. The first-order valence-electron chi connectivity index (χ1n) is 13.4. The van der Waals surface area contributed by atoms with Crippen LogP contribution in [-0.2, 0) is 18.6 Å². The van der Waals surface area contributed by atoms with E-state index in [9.17, 15) is 9.90 Å². The number of piperazine rings is 1. The van der Waals surface area contributed by atoms with Gasteiger partial charge < -0.3 is 20.2 Å².